The van der Waals surface area contributed by atoms with Crippen molar-refractivity contribution in [1.29, 1.82) is 0 Å². The van der Waals surface area contributed by atoms with Crippen LogP contribution < -0.4 is 4.74 Å². The summed E-state index contributed by atoms with van der Waals surface area (Å²) in [5.41, 5.74) is 0.406. The minimum Gasteiger partial charge on any atom is -0.507 e. The number of Topliss-reactive ketones (excluding diaryl/α,β-unsaturated/α-hetero) is 1. The third kappa shape index (κ3) is 4.98. The number of benzene rings is 2. The van der Waals surface area contributed by atoms with Gasteiger partial charge in [-0.05, 0) is 44.2 Å². The van der Waals surface area contributed by atoms with Crippen molar-refractivity contribution in [2.45, 2.75) is 26.0 Å². The van der Waals surface area contributed by atoms with E-state index in [1.54, 1.807) is 42.5 Å². The molecule has 4 rings (SSSR count). The number of likely N-dealkylation sites (tertiary alicyclic amines) is 1. The van der Waals surface area contributed by atoms with E-state index >= 15 is 0 Å². The number of carbonyl (C=O) groups excluding carboxylic acids is 2. The van der Waals surface area contributed by atoms with Gasteiger partial charge in [0.2, 0.25) is 0 Å². The van der Waals surface area contributed by atoms with E-state index < -0.39 is 23.5 Å². The van der Waals surface area contributed by atoms with Crippen molar-refractivity contribution < 1.29 is 28.6 Å². The van der Waals surface area contributed by atoms with Crippen LogP contribution >= 0.6 is 0 Å². The third-order valence-electron chi connectivity index (χ3n) is 6.00. The van der Waals surface area contributed by atoms with Crippen LogP contribution in [0.25, 0.3) is 5.76 Å². The molecule has 1 N–H and O–H groups in total. The summed E-state index contributed by atoms with van der Waals surface area (Å²) in [6.45, 7) is 7.20. The van der Waals surface area contributed by atoms with Crippen LogP contribution in [0.3, 0.4) is 0 Å². The summed E-state index contributed by atoms with van der Waals surface area (Å²) >= 11 is 0. The van der Waals surface area contributed by atoms with Crippen LogP contribution in [-0.4, -0.2) is 72.1 Å². The Hall–Kier alpha value is -3.23. The molecule has 0 bridgehead atoms. The fourth-order valence-corrected chi connectivity index (χ4v) is 4.32. The number of rotatable bonds is 7. The van der Waals surface area contributed by atoms with Crippen LogP contribution in [-0.2, 0) is 14.3 Å². The molecule has 2 saturated heterocycles. The monoisotopic (exact) mass is 468 g/mol. The van der Waals surface area contributed by atoms with Crippen molar-refractivity contribution in [2.75, 3.05) is 39.4 Å². The number of ketones is 1. The Kier molecular flexibility index (Phi) is 7.29. The molecular weight excluding hydrogens is 439 g/mol. The van der Waals surface area contributed by atoms with Crippen molar-refractivity contribution >= 4 is 17.4 Å². The molecule has 2 heterocycles. The number of carbonyl (C=O) groups is 2. The number of nitrogens with zero attached hydrogens (tertiary/aromatic N) is 2. The average molecular weight is 469 g/mol. The highest BCUT2D eigenvalue weighted by Gasteiger charge is 2.46. The first kappa shape index (κ1) is 23.9. The van der Waals surface area contributed by atoms with E-state index in [4.69, 9.17) is 9.47 Å². The quantitative estimate of drug-likeness (QED) is 0.381. The Bertz CT molecular complexity index is 1080. The fourth-order valence-electron chi connectivity index (χ4n) is 4.32. The summed E-state index contributed by atoms with van der Waals surface area (Å²) in [6.07, 6.45) is -0.0164. The van der Waals surface area contributed by atoms with Crippen LogP contribution in [0.1, 0.15) is 31.0 Å². The number of halogens is 1. The van der Waals surface area contributed by atoms with Crippen molar-refractivity contribution in [3.05, 3.63) is 71.0 Å². The Morgan fingerprint density at radius 1 is 1.09 bits per heavy atom. The van der Waals surface area contributed by atoms with E-state index in [1.165, 1.54) is 11.0 Å². The lowest BCUT2D eigenvalue weighted by atomic mass is 9.95. The zero-order chi connectivity index (χ0) is 24.2. The summed E-state index contributed by atoms with van der Waals surface area (Å²) in [5.74, 6) is -1.84. The summed E-state index contributed by atoms with van der Waals surface area (Å²) in [4.78, 5) is 29.6. The van der Waals surface area contributed by atoms with E-state index in [9.17, 15) is 19.1 Å². The number of morpholine rings is 1. The highest BCUT2D eigenvalue weighted by Crippen LogP contribution is 2.40. The number of ether oxygens (including phenoxy) is 2. The first-order valence-electron chi connectivity index (χ1n) is 11.5. The van der Waals surface area contributed by atoms with Gasteiger partial charge in [-0.2, -0.15) is 0 Å². The second kappa shape index (κ2) is 10.4. The molecule has 2 aromatic rings. The average Bonchev–Trinajstić information content (AvgIpc) is 3.08. The van der Waals surface area contributed by atoms with E-state index in [-0.39, 0.29) is 29.5 Å². The molecule has 2 aliphatic rings. The Balaban J connectivity index is 1.71. The van der Waals surface area contributed by atoms with E-state index in [2.05, 4.69) is 4.90 Å². The van der Waals surface area contributed by atoms with Crippen molar-refractivity contribution in [3.8, 4) is 5.75 Å². The predicted molar refractivity (Wildman–Crippen MR) is 125 cm³/mol. The van der Waals surface area contributed by atoms with E-state index in [1.807, 2.05) is 13.8 Å². The first-order valence-corrected chi connectivity index (χ1v) is 11.5. The largest absolute Gasteiger partial charge is 0.507 e. The molecule has 1 amide bonds. The lowest BCUT2D eigenvalue weighted by Gasteiger charge is -2.31. The molecule has 7 nitrogen and oxygen atoms in total. The minimum absolute atomic E-state index is 0.0164. The van der Waals surface area contributed by atoms with Gasteiger partial charge in [-0.3, -0.25) is 14.5 Å². The summed E-state index contributed by atoms with van der Waals surface area (Å²) in [6, 6.07) is 11.6. The molecule has 0 saturated carbocycles. The standard InChI is InChI=1S/C26H29FN2O5/c1-17(2)34-19-9-7-18(8-10-19)24(30)22-23(20-5-3-4-6-21(20)27)29(26(32)25(22)31)12-11-28-13-15-33-16-14-28/h3-10,17,23,30H,11-16H2,1-2H3/t23-/m1/s1. The lowest BCUT2D eigenvalue weighted by Crippen LogP contribution is -2.42. The van der Waals surface area contributed by atoms with Crippen LogP contribution in [0.4, 0.5) is 4.39 Å². The normalized spacial score (nSPS) is 20.8. The van der Waals surface area contributed by atoms with Crippen LogP contribution in [0, 0.1) is 5.82 Å². The van der Waals surface area contributed by atoms with Gasteiger partial charge in [-0.1, -0.05) is 18.2 Å². The van der Waals surface area contributed by atoms with Crippen LogP contribution in [0.2, 0.25) is 0 Å². The molecule has 0 aromatic heterocycles. The summed E-state index contributed by atoms with van der Waals surface area (Å²) in [7, 11) is 0. The number of hydrogen-bond acceptors (Lipinski definition) is 6. The van der Waals surface area contributed by atoms with Crippen molar-refractivity contribution in [2.24, 2.45) is 0 Å². The topological polar surface area (TPSA) is 79.3 Å². The molecule has 2 fully saturated rings. The van der Waals surface area contributed by atoms with Gasteiger partial charge in [0.15, 0.2) is 0 Å². The number of amides is 1. The van der Waals surface area contributed by atoms with Gasteiger partial charge in [0.25, 0.3) is 11.7 Å². The van der Waals surface area contributed by atoms with Gasteiger partial charge in [-0.15, -0.1) is 0 Å². The van der Waals surface area contributed by atoms with Gasteiger partial charge < -0.3 is 19.5 Å². The summed E-state index contributed by atoms with van der Waals surface area (Å²) in [5, 5.41) is 11.1. The predicted octanol–water partition coefficient (Wildman–Crippen LogP) is 3.37. The minimum atomic E-state index is -1.02. The smallest absolute Gasteiger partial charge is 0.295 e. The second-order valence-electron chi connectivity index (χ2n) is 8.66. The molecule has 0 spiro atoms. The Morgan fingerprint density at radius 2 is 1.76 bits per heavy atom. The molecule has 180 valence electrons. The molecular formula is C26H29FN2O5. The molecule has 2 aliphatic heterocycles. The van der Waals surface area contributed by atoms with Crippen LogP contribution in [0.5, 0.6) is 5.75 Å². The fraction of sp³-hybridized carbons (Fsp3) is 0.385. The third-order valence-corrected chi connectivity index (χ3v) is 6.00. The van der Waals surface area contributed by atoms with Gasteiger partial charge in [-0.25, -0.2) is 4.39 Å². The highest BCUT2D eigenvalue weighted by atomic mass is 19.1. The Labute approximate surface area is 198 Å². The maximum absolute atomic E-state index is 14.9. The maximum atomic E-state index is 14.9. The SMILES string of the molecule is CC(C)Oc1ccc(C(O)=C2C(=O)C(=O)N(CCN3CCOCC3)[C@@H]2c2ccccc2F)cc1. The Morgan fingerprint density at radius 3 is 2.41 bits per heavy atom. The van der Waals surface area contributed by atoms with Crippen molar-refractivity contribution in [1.82, 2.24) is 9.80 Å². The maximum Gasteiger partial charge on any atom is 0.295 e. The number of aliphatic hydroxyl groups excluding tert-OH is 1. The first-order chi connectivity index (χ1) is 16.4. The van der Waals surface area contributed by atoms with Crippen molar-refractivity contribution in [3.63, 3.8) is 0 Å². The summed E-state index contributed by atoms with van der Waals surface area (Å²) < 4.78 is 25.9. The van der Waals surface area contributed by atoms with Gasteiger partial charge >= 0.3 is 0 Å². The van der Waals surface area contributed by atoms with Crippen LogP contribution in [0.15, 0.2) is 54.1 Å². The van der Waals surface area contributed by atoms with E-state index in [0.29, 0.717) is 31.1 Å². The molecule has 2 aromatic carbocycles. The van der Waals surface area contributed by atoms with Gasteiger partial charge in [0, 0.05) is 37.3 Å². The molecule has 1 atom stereocenters. The number of aliphatic hydroxyl groups is 1. The molecule has 8 heteroatoms. The zero-order valence-corrected chi connectivity index (χ0v) is 19.4. The number of hydrogen-bond donors (Lipinski definition) is 1. The van der Waals surface area contributed by atoms with Gasteiger partial charge in [0.05, 0.1) is 30.9 Å². The molecule has 0 unspecified atom stereocenters. The zero-order valence-electron chi connectivity index (χ0n) is 19.4. The van der Waals surface area contributed by atoms with Gasteiger partial charge in [0.1, 0.15) is 17.3 Å². The molecule has 0 radical (unpaired) electrons. The highest BCUT2D eigenvalue weighted by molar-refractivity contribution is 6.46. The second-order valence-corrected chi connectivity index (χ2v) is 8.66. The molecule has 34 heavy (non-hydrogen) atoms. The lowest BCUT2D eigenvalue weighted by molar-refractivity contribution is -0.140. The van der Waals surface area contributed by atoms with E-state index in [0.717, 1.165) is 13.1 Å². The molecule has 0 aliphatic carbocycles.